The van der Waals surface area contributed by atoms with Crippen molar-refractivity contribution in [3.8, 4) is 0 Å². The largest absolute Gasteiger partial charge is 0.372 e. The zero-order valence-electron chi connectivity index (χ0n) is 19.8. The lowest BCUT2D eigenvalue weighted by atomic mass is 9.63. The van der Waals surface area contributed by atoms with Crippen molar-refractivity contribution >= 4 is 15.6 Å². The molecule has 2 aromatic rings. The molecule has 0 aliphatic heterocycles. The normalized spacial score (nSPS) is 32.8. The van der Waals surface area contributed by atoms with Crippen molar-refractivity contribution in [3.05, 3.63) is 76.7 Å². The number of carbonyl (C=O) groups is 1. The van der Waals surface area contributed by atoms with E-state index in [0.717, 1.165) is 30.4 Å². The molecule has 3 aliphatic rings. The number of benzene rings is 2. The maximum absolute atomic E-state index is 14.4. The zero-order chi connectivity index (χ0) is 23.6. The Morgan fingerprint density at radius 3 is 2.21 bits per heavy atom. The fourth-order valence-electron chi connectivity index (χ4n) is 7.56. The molecule has 1 spiro atoms. The Bertz CT molecular complexity index is 1230. The van der Waals surface area contributed by atoms with Crippen molar-refractivity contribution in [2.45, 2.75) is 64.6 Å². The van der Waals surface area contributed by atoms with E-state index in [4.69, 9.17) is 4.74 Å². The lowest BCUT2D eigenvalue weighted by Crippen LogP contribution is -2.50. The van der Waals surface area contributed by atoms with Crippen molar-refractivity contribution < 1.29 is 17.9 Å². The first-order valence-electron chi connectivity index (χ1n) is 11.8. The number of ketones is 1. The highest BCUT2D eigenvalue weighted by Crippen LogP contribution is 2.75. The minimum atomic E-state index is -3.90. The minimum Gasteiger partial charge on any atom is -0.372 e. The van der Waals surface area contributed by atoms with Gasteiger partial charge in [0.05, 0.1) is 23.0 Å². The zero-order valence-corrected chi connectivity index (χ0v) is 20.6. The SMILES string of the molecule is CC1=C(S(=O)(=O)c2ccccc2)C(=O)[C@@]23[C@H](OCc4ccccc4)C(C)(C)C[C@]2(C)CC[C@@H]13. The molecule has 4 atom stereocenters. The smallest absolute Gasteiger partial charge is 0.210 e. The van der Waals surface area contributed by atoms with Gasteiger partial charge in [0.1, 0.15) is 4.91 Å². The van der Waals surface area contributed by atoms with Crippen LogP contribution in [0.2, 0.25) is 0 Å². The maximum Gasteiger partial charge on any atom is 0.210 e. The summed E-state index contributed by atoms with van der Waals surface area (Å²) in [5.41, 5.74) is 0.393. The Hall–Kier alpha value is -2.24. The number of sulfone groups is 1. The molecule has 0 radical (unpaired) electrons. The highest BCUT2D eigenvalue weighted by molar-refractivity contribution is 7.96. The van der Waals surface area contributed by atoms with Crippen LogP contribution in [0, 0.1) is 22.2 Å². The van der Waals surface area contributed by atoms with Crippen LogP contribution in [0.4, 0.5) is 0 Å². The molecule has 0 saturated heterocycles. The topological polar surface area (TPSA) is 60.4 Å². The highest BCUT2D eigenvalue weighted by Gasteiger charge is 2.77. The summed E-state index contributed by atoms with van der Waals surface area (Å²) in [6.45, 7) is 8.80. The van der Waals surface area contributed by atoms with Gasteiger partial charge in [-0.25, -0.2) is 8.42 Å². The maximum atomic E-state index is 14.4. The van der Waals surface area contributed by atoms with Crippen molar-refractivity contribution in [2.75, 3.05) is 0 Å². The van der Waals surface area contributed by atoms with E-state index in [1.807, 2.05) is 37.3 Å². The second kappa shape index (κ2) is 7.38. The Labute approximate surface area is 197 Å². The molecule has 0 bridgehead atoms. The molecule has 3 aliphatic carbocycles. The molecule has 4 nitrogen and oxygen atoms in total. The number of carbonyl (C=O) groups excluding carboxylic acids is 1. The quantitative estimate of drug-likeness (QED) is 0.567. The van der Waals surface area contributed by atoms with E-state index < -0.39 is 15.3 Å². The Balaban J connectivity index is 1.62. The molecule has 2 aromatic carbocycles. The third-order valence-corrected chi connectivity index (χ3v) is 10.5. The van der Waals surface area contributed by atoms with E-state index in [2.05, 4.69) is 20.8 Å². The van der Waals surface area contributed by atoms with Crippen molar-refractivity contribution in [1.29, 1.82) is 0 Å². The van der Waals surface area contributed by atoms with Gasteiger partial charge >= 0.3 is 0 Å². The van der Waals surface area contributed by atoms with Crippen LogP contribution in [-0.2, 0) is 26.0 Å². The lowest BCUT2D eigenvalue weighted by Gasteiger charge is -2.42. The van der Waals surface area contributed by atoms with Gasteiger partial charge in [-0.05, 0) is 66.2 Å². The van der Waals surface area contributed by atoms with Gasteiger partial charge in [-0.3, -0.25) is 4.79 Å². The second-order valence-corrected chi connectivity index (χ2v) is 12.9. The van der Waals surface area contributed by atoms with E-state index in [-0.39, 0.29) is 38.4 Å². The second-order valence-electron chi connectivity index (χ2n) is 11.0. The molecular weight excluding hydrogens is 432 g/mol. The minimum absolute atomic E-state index is 0.00985. The molecule has 33 heavy (non-hydrogen) atoms. The van der Waals surface area contributed by atoms with Gasteiger partial charge in [-0.1, -0.05) is 69.3 Å². The first kappa shape index (κ1) is 22.5. The summed E-state index contributed by atoms with van der Waals surface area (Å²) in [7, 11) is -3.90. The third kappa shape index (κ3) is 2.98. The van der Waals surface area contributed by atoms with Gasteiger partial charge in [0.15, 0.2) is 5.78 Å². The van der Waals surface area contributed by atoms with Crippen LogP contribution >= 0.6 is 0 Å². The molecule has 0 amide bonds. The van der Waals surface area contributed by atoms with Crippen molar-refractivity contribution in [1.82, 2.24) is 0 Å². The predicted molar refractivity (Wildman–Crippen MR) is 128 cm³/mol. The number of hydrogen-bond acceptors (Lipinski definition) is 4. The van der Waals surface area contributed by atoms with Gasteiger partial charge in [0.25, 0.3) is 0 Å². The standard InChI is InChI=1S/C28H32O4S/c1-19-22-15-16-27(4)18-26(2,3)25(32-17-20-11-7-5-8-12-20)28(22,27)24(29)23(19)33(30,31)21-13-9-6-10-14-21/h5-14,22,25H,15-18H2,1-4H3/t22-,25+,27-,28-/m0/s1. The van der Waals surface area contributed by atoms with E-state index in [9.17, 15) is 13.2 Å². The summed E-state index contributed by atoms with van der Waals surface area (Å²) < 4.78 is 34.0. The summed E-state index contributed by atoms with van der Waals surface area (Å²) in [6, 6.07) is 18.3. The molecule has 0 N–H and O–H groups in total. The number of Topliss-reactive ketones (excluding diaryl/α,β-unsaturated/α-hetero) is 1. The third-order valence-electron chi connectivity index (χ3n) is 8.55. The van der Waals surface area contributed by atoms with E-state index in [1.54, 1.807) is 30.3 Å². The molecule has 5 rings (SSSR count). The summed E-state index contributed by atoms with van der Waals surface area (Å²) in [5, 5.41) is 0. The Morgan fingerprint density at radius 2 is 1.58 bits per heavy atom. The summed E-state index contributed by atoms with van der Waals surface area (Å²) in [6.07, 6.45) is 2.22. The summed E-state index contributed by atoms with van der Waals surface area (Å²) in [4.78, 5) is 14.6. The van der Waals surface area contributed by atoms with Gasteiger partial charge in [0.2, 0.25) is 9.84 Å². The molecule has 2 saturated carbocycles. The van der Waals surface area contributed by atoms with E-state index in [0.29, 0.717) is 6.61 Å². The van der Waals surface area contributed by atoms with Crippen molar-refractivity contribution in [2.24, 2.45) is 22.2 Å². The van der Waals surface area contributed by atoms with Crippen LogP contribution in [-0.4, -0.2) is 20.3 Å². The van der Waals surface area contributed by atoms with Crippen LogP contribution in [0.15, 0.2) is 76.0 Å². The highest BCUT2D eigenvalue weighted by atomic mass is 32.2. The molecule has 2 fully saturated rings. The van der Waals surface area contributed by atoms with Gasteiger partial charge in [-0.2, -0.15) is 0 Å². The monoisotopic (exact) mass is 464 g/mol. The van der Waals surface area contributed by atoms with Crippen LogP contribution in [0.3, 0.4) is 0 Å². The van der Waals surface area contributed by atoms with Crippen LogP contribution in [0.1, 0.15) is 52.5 Å². The number of hydrogen-bond donors (Lipinski definition) is 0. The fourth-order valence-corrected chi connectivity index (χ4v) is 9.29. The van der Waals surface area contributed by atoms with E-state index >= 15 is 0 Å². The van der Waals surface area contributed by atoms with Crippen LogP contribution in [0.25, 0.3) is 0 Å². The molecule has 174 valence electrons. The lowest BCUT2D eigenvalue weighted by molar-refractivity contribution is -0.147. The number of ether oxygens (including phenoxy) is 1. The van der Waals surface area contributed by atoms with Crippen molar-refractivity contribution in [3.63, 3.8) is 0 Å². The van der Waals surface area contributed by atoms with Crippen LogP contribution in [0.5, 0.6) is 0 Å². The first-order valence-corrected chi connectivity index (χ1v) is 13.3. The molecular formula is C28H32O4S. The Morgan fingerprint density at radius 1 is 0.970 bits per heavy atom. The van der Waals surface area contributed by atoms with E-state index in [1.165, 1.54) is 0 Å². The first-order chi connectivity index (χ1) is 15.6. The number of rotatable bonds is 5. The summed E-state index contributed by atoms with van der Waals surface area (Å²) in [5.74, 6) is -0.330. The van der Waals surface area contributed by atoms with Gasteiger partial charge in [-0.15, -0.1) is 0 Å². The summed E-state index contributed by atoms with van der Waals surface area (Å²) >= 11 is 0. The molecule has 0 aromatic heterocycles. The van der Waals surface area contributed by atoms with Gasteiger partial charge in [0, 0.05) is 0 Å². The molecule has 5 heteroatoms. The molecule has 0 unspecified atom stereocenters. The fraction of sp³-hybridized carbons (Fsp3) is 0.464. The van der Waals surface area contributed by atoms with Gasteiger partial charge < -0.3 is 4.74 Å². The number of allylic oxidation sites excluding steroid dienone is 2. The Kier molecular flexibility index (Phi) is 5.04. The average molecular weight is 465 g/mol. The van der Waals surface area contributed by atoms with Crippen LogP contribution < -0.4 is 0 Å². The molecule has 0 heterocycles. The average Bonchev–Trinajstić information content (AvgIpc) is 3.26. The predicted octanol–water partition coefficient (Wildman–Crippen LogP) is 5.74.